The highest BCUT2D eigenvalue weighted by atomic mass is 16.3. The first-order valence-corrected chi connectivity index (χ1v) is 18.7. The highest BCUT2D eigenvalue weighted by Crippen LogP contribution is 2.32. The molecule has 286 valence electrons. The van der Waals surface area contributed by atoms with Crippen molar-refractivity contribution in [2.24, 2.45) is 0 Å². The largest absolute Gasteiger partial charge is 0.456 e. The lowest BCUT2D eigenvalue weighted by Gasteiger charge is -2.31. The Bertz CT molecular complexity index is 2110. The number of rotatable bonds is 12. The van der Waals surface area contributed by atoms with Crippen LogP contribution in [-0.4, -0.2) is 84.5 Å². The zero-order valence-electron chi connectivity index (χ0n) is 31.0. The number of ketones is 1. The van der Waals surface area contributed by atoms with Crippen molar-refractivity contribution in [3.8, 4) is 11.3 Å². The van der Waals surface area contributed by atoms with Gasteiger partial charge in [-0.15, -0.1) is 0 Å². The summed E-state index contributed by atoms with van der Waals surface area (Å²) in [6, 6.07) is 32.5. The Kier molecular flexibility index (Phi) is 12.3. The van der Waals surface area contributed by atoms with E-state index in [0.29, 0.717) is 43.0 Å². The molecule has 55 heavy (non-hydrogen) atoms. The van der Waals surface area contributed by atoms with Crippen LogP contribution >= 0.6 is 0 Å². The van der Waals surface area contributed by atoms with Gasteiger partial charge in [0.1, 0.15) is 29.5 Å². The number of carbonyl (C=O) groups excluding carboxylic acids is 4. The summed E-state index contributed by atoms with van der Waals surface area (Å²) < 4.78 is 6.18. The molecule has 2 N–H and O–H groups in total. The van der Waals surface area contributed by atoms with E-state index in [1.54, 1.807) is 16.8 Å². The average molecular weight is 742 g/mol. The number of fused-ring (bicyclic) bond motifs is 1. The predicted molar refractivity (Wildman–Crippen MR) is 216 cm³/mol. The summed E-state index contributed by atoms with van der Waals surface area (Å²) in [6.07, 6.45) is 3.06. The molecule has 3 amide bonds. The number of carbonyl (C=O) groups is 4. The molecule has 2 fully saturated rings. The van der Waals surface area contributed by atoms with Crippen LogP contribution < -0.4 is 10.6 Å². The zero-order chi connectivity index (χ0) is 37.8. The van der Waals surface area contributed by atoms with Crippen LogP contribution in [-0.2, 0) is 25.6 Å². The molecule has 4 atom stereocenters. The molecular formula is C45H51N5O5. The monoisotopic (exact) mass is 741 g/mol. The van der Waals surface area contributed by atoms with Crippen LogP contribution in [0.25, 0.3) is 22.3 Å². The molecule has 10 nitrogen and oxygen atoms in total. The van der Waals surface area contributed by atoms with E-state index >= 15 is 0 Å². The van der Waals surface area contributed by atoms with E-state index < -0.39 is 24.2 Å². The third-order valence-electron chi connectivity index (χ3n) is 10.7. The molecule has 7 rings (SSSR count). The van der Waals surface area contributed by atoms with E-state index in [4.69, 9.17) is 4.42 Å². The summed E-state index contributed by atoms with van der Waals surface area (Å²) in [5.74, 6) is 0.346. The molecule has 0 aliphatic carbocycles. The standard InChI is InChI=1S/C44H47N5O5.CH4/c1-45-40(31-12-6-4-7-13-31)43(52)48-24-10-16-35(48)37(50)27-29-18-23-38-33(26-29)28-39(54-38)30-19-21-34(22-20-30)46-42(51)36-17-11-25-49(36)44(53)41(47(2)3)32-14-8-5-9-15-32;/h4-9,12-15,18-23,26,28,35-36,40-41,45H,10-11,16-17,24-25,27H2,1-3H3,(H,46,51);1H4/t35-,36-,40+,41+;/m0./s1. The van der Waals surface area contributed by atoms with Gasteiger partial charge in [0.2, 0.25) is 17.7 Å². The molecule has 0 radical (unpaired) electrons. The molecule has 2 aliphatic heterocycles. The van der Waals surface area contributed by atoms with Crippen molar-refractivity contribution in [2.75, 3.05) is 39.5 Å². The third-order valence-corrected chi connectivity index (χ3v) is 10.7. The Labute approximate surface area is 323 Å². The summed E-state index contributed by atoms with van der Waals surface area (Å²) in [7, 11) is 5.53. The molecule has 2 aliphatic rings. The van der Waals surface area contributed by atoms with Gasteiger partial charge in [0.25, 0.3) is 0 Å². The molecule has 5 aromatic rings. The minimum absolute atomic E-state index is 0. The van der Waals surface area contributed by atoms with Gasteiger partial charge in [0.05, 0.1) is 6.04 Å². The summed E-state index contributed by atoms with van der Waals surface area (Å²) in [5, 5.41) is 7.03. The number of nitrogens with one attached hydrogen (secondary N) is 2. The van der Waals surface area contributed by atoms with Crippen molar-refractivity contribution in [1.29, 1.82) is 0 Å². The van der Waals surface area contributed by atoms with Gasteiger partial charge < -0.3 is 24.9 Å². The maximum Gasteiger partial charge on any atom is 0.247 e. The van der Waals surface area contributed by atoms with Crippen molar-refractivity contribution in [3.63, 3.8) is 0 Å². The van der Waals surface area contributed by atoms with Crippen LogP contribution in [0, 0.1) is 0 Å². The Morgan fingerprint density at radius 1 is 0.764 bits per heavy atom. The number of hydrogen-bond donors (Lipinski definition) is 2. The summed E-state index contributed by atoms with van der Waals surface area (Å²) in [5.41, 5.74) is 4.82. The van der Waals surface area contributed by atoms with Crippen LogP contribution in [0.5, 0.6) is 0 Å². The second kappa shape index (κ2) is 17.3. The summed E-state index contributed by atoms with van der Waals surface area (Å²) in [4.78, 5) is 59.8. The number of likely N-dealkylation sites (tertiary alicyclic amines) is 2. The molecule has 3 heterocycles. The number of likely N-dealkylation sites (N-methyl/N-ethyl adjacent to an activating group) is 2. The van der Waals surface area contributed by atoms with Crippen LogP contribution in [0.1, 0.15) is 61.9 Å². The lowest BCUT2D eigenvalue weighted by atomic mass is 9.99. The number of anilines is 1. The Balaban J connectivity index is 0.00000514. The number of benzene rings is 4. The fourth-order valence-corrected chi connectivity index (χ4v) is 7.97. The van der Waals surface area contributed by atoms with Gasteiger partial charge in [-0.3, -0.25) is 24.1 Å². The molecule has 0 unspecified atom stereocenters. The first-order chi connectivity index (χ1) is 26.2. The molecule has 4 aromatic carbocycles. The van der Waals surface area contributed by atoms with Gasteiger partial charge >= 0.3 is 0 Å². The Morgan fingerprint density at radius 3 is 2.02 bits per heavy atom. The number of furan rings is 1. The maximum atomic E-state index is 13.7. The van der Waals surface area contributed by atoms with Crippen molar-refractivity contribution in [1.82, 2.24) is 20.0 Å². The third kappa shape index (κ3) is 8.40. The molecule has 1 aromatic heterocycles. The maximum absolute atomic E-state index is 13.7. The number of Topliss-reactive ketones (excluding diaryl/α,β-unsaturated/α-hetero) is 1. The van der Waals surface area contributed by atoms with Gasteiger partial charge in [0.15, 0.2) is 5.78 Å². The first-order valence-electron chi connectivity index (χ1n) is 18.7. The van der Waals surface area contributed by atoms with Crippen LogP contribution in [0.15, 0.2) is 114 Å². The smallest absolute Gasteiger partial charge is 0.247 e. The van der Waals surface area contributed by atoms with Crippen molar-refractivity contribution in [3.05, 3.63) is 126 Å². The normalized spacial score (nSPS) is 17.9. The van der Waals surface area contributed by atoms with E-state index in [1.165, 1.54) is 0 Å². The highest BCUT2D eigenvalue weighted by Gasteiger charge is 2.39. The number of amides is 3. The van der Waals surface area contributed by atoms with Gasteiger partial charge in [0, 0.05) is 36.1 Å². The van der Waals surface area contributed by atoms with Crippen molar-refractivity contribution in [2.45, 2.75) is 63.7 Å². The fourth-order valence-electron chi connectivity index (χ4n) is 7.97. The van der Waals surface area contributed by atoms with Gasteiger partial charge in [-0.2, -0.15) is 0 Å². The van der Waals surface area contributed by atoms with E-state index in [1.807, 2.05) is 128 Å². The zero-order valence-corrected chi connectivity index (χ0v) is 31.0. The Morgan fingerprint density at radius 2 is 1.38 bits per heavy atom. The summed E-state index contributed by atoms with van der Waals surface area (Å²) in [6.45, 7) is 1.11. The van der Waals surface area contributed by atoms with E-state index in [9.17, 15) is 19.2 Å². The van der Waals surface area contributed by atoms with Gasteiger partial charge in [-0.05, 0) is 106 Å². The highest BCUT2D eigenvalue weighted by molar-refractivity contribution is 5.99. The second-order valence-electron chi connectivity index (χ2n) is 14.5. The summed E-state index contributed by atoms with van der Waals surface area (Å²) >= 11 is 0. The number of nitrogens with zero attached hydrogens (tertiary/aromatic N) is 3. The molecule has 0 bridgehead atoms. The number of hydrogen-bond acceptors (Lipinski definition) is 7. The lowest BCUT2D eigenvalue weighted by Crippen LogP contribution is -2.47. The second-order valence-corrected chi connectivity index (χ2v) is 14.5. The van der Waals surface area contributed by atoms with Crippen molar-refractivity contribution >= 4 is 40.2 Å². The minimum Gasteiger partial charge on any atom is -0.456 e. The molecule has 10 heteroatoms. The van der Waals surface area contributed by atoms with Gasteiger partial charge in [-0.1, -0.05) is 74.2 Å². The lowest BCUT2D eigenvalue weighted by molar-refractivity contribution is -0.140. The van der Waals surface area contributed by atoms with Gasteiger partial charge in [-0.25, -0.2) is 0 Å². The SMILES string of the molecule is C.CN[C@@H](C(=O)N1CCC[C@H]1C(=O)Cc1ccc2oc(-c3ccc(NC(=O)[C@@H]4CCCN4C(=O)[C@@H](c4ccccc4)N(C)C)cc3)cc2c1)c1ccccc1. The quantitative estimate of drug-likeness (QED) is 0.141. The minimum atomic E-state index is -0.545. The predicted octanol–water partition coefficient (Wildman–Crippen LogP) is 7.03. The topological polar surface area (TPSA) is 115 Å². The molecule has 2 saturated heterocycles. The van der Waals surface area contributed by atoms with E-state index in [-0.39, 0.29) is 37.4 Å². The Hall–Kier alpha value is -5.58. The molecule has 0 spiro atoms. The molecule has 0 saturated carbocycles. The first kappa shape index (κ1) is 39.1. The molecular weight excluding hydrogens is 691 g/mol. The van der Waals surface area contributed by atoms with Crippen LogP contribution in [0.2, 0.25) is 0 Å². The van der Waals surface area contributed by atoms with E-state index in [0.717, 1.165) is 40.5 Å². The van der Waals surface area contributed by atoms with Crippen molar-refractivity contribution < 1.29 is 23.6 Å². The van der Waals surface area contributed by atoms with E-state index in [2.05, 4.69) is 10.6 Å². The van der Waals surface area contributed by atoms with Crippen LogP contribution in [0.3, 0.4) is 0 Å². The fraction of sp³-hybridized carbons (Fsp3) is 0.333. The van der Waals surface area contributed by atoms with Crippen LogP contribution in [0.4, 0.5) is 5.69 Å². The average Bonchev–Trinajstić information content (AvgIpc) is 3.97.